The standard InChI is InChI=1S/C17H16N2O3/c1-21-17(20)11-19-15-10-6-5-9-14(15)18-16(19)12-22-13-7-3-2-4-8-13/h2-10H,11-12H2,1H3. The van der Waals surface area contributed by atoms with E-state index in [0.29, 0.717) is 5.82 Å². The number of para-hydroxylation sites is 3. The molecule has 112 valence electrons. The highest BCUT2D eigenvalue weighted by atomic mass is 16.5. The third-order valence-corrected chi connectivity index (χ3v) is 3.36. The first-order valence-corrected chi connectivity index (χ1v) is 6.97. The zero-order valence-corrected chi connectivity index (χ0v) is 12.2. The molecule has 0 radical (unpaired) electrons. The van der Waals surface area contributed by atoms with Crippen LogP contribution < -0.4 is 4.74 Å². The normalized spacial score (nSPS) is 10.6. The highest BCUT2D eigenvalue weighted by molar-refractivity contribution is 5.78. The Bertz CT molecular complexity index is 781. The second kappa shape index (κ2) is 6.30. The Labute approximate surface area is 128 Å². The maximum atomic E-state index is 11.6. The predicted molar refractivity (Wildman–Crippen MR) is 82.5 cm³/mol. The van der Waals surface area contributed by atoms with Crippen molar-refractivity contribution in [3.8, 4) is 5.75 Å². The van der Waals surface area contributed by atoms with Gasteiger partial charge >= 0.3 is 5.97 Å². The molecule has 1 heterocycles. The van der Waals surface area contributed by atoms with Crippen molar-refractivity contribution in [2.24, 2.45) is 0 Å². The molecule has 3 aromatic rings. The van der Waals surface area contributed by atoms with Crippen LogP contribution in [0.25, 0.3) is 11.0 Å². The van der Waals surface area contributed by atoms with E-state index < -0.39 is 0 Å². The van der Waals surface area contributed by atoms with Crippen molar-refractivity contribution in [1.29, 1.82) is 0 Å². The predicted octanol–water partition coefficient (Wildman–Crippen LogP) is 2.79. The summed E-state index contributed by atoms with van der Waals surface area (Å²) in [5.41, 5.74) is 1.72. The molecule has 0 spiro atoms. The van der Waals surface area contributed by atoms with Crippen LogP contribution in [-0.2, 0) is 22.7 Å². The number of benzene rings is 2. The van der Waals surface area contributed by atoms with Crippen molar-refractivity contribution in [2.45, 2.75) is 13.2 Å². The van der Waals surface area contributed by atoms with E-state index in [4.69, 9.17) is 9.47 Å². The minimum Gasteiger partial charge on any atom is -0.486 e. The molecular weight excluding hydrogens is 280 g/mol. The van der Waals surface area contributed by atoms with Gasteiger partial charge in [0.25, 0.3) is 0 Å². The van der Waals surface area contributed by atoms with Crippen molar-refractivity contribution < 1.29 is 14.3 Å². The summed E-state index contributed by atoms with van der Waals surface area (Å²) in [6, 6.07) is 17.2. The molecule has 2 aromatic carbocycles. The summed E-state index contributed by atoms with van der Waals surface area (Å²) < 4.78 is 12.3. The van der Waals surface area contributed by atoms with Crippen LogP contribution in [0, 0.1) is 0 Å². The molecular formula is C17H16N2O3. The third-order valence-electron chi connectivity index (χ3n) is 3.36. The Morgan fingerprint density at radius 3 is 2.59 bits per heavy atom. The maximum Gasteiger partial charge on any atom is 0.325 e. The van der Waals surface area contributed by atoms with Gasteiger partial charge in [0.2, 0.25) is 0 Å². The highest BCUT2D eigenvalue weighted by Gasteiger charge is 2.14. The van der Waals surface area contributed by atoms with Gasteiger partial charge in [-0.1, -0.05) is 30.3 Å². The largest absolute Gasteiger partial charge is 0.486 e. The Morgan fingerprint density at radius 1 is 1.09 bits per heavy atom. The Morgan fingerprint density at radius 2 is 1.82 bits per heavy atom. The van der Waals surface area contributed by atoms with Gasteiger partial charge in [0.1, 0.15) is 24.7 Å². The maximum absolute atomic E-state index is 11.6. The monoisotopic (exact) mass is 296 g/mol. The van der Waals surface area contributed by atoms with Crippen LogP contribution in [0.3, 0.4) is 0 Å². The van der Waals surface area contributed by atoms with Gasteiger partial charge in [-0.05, 0) is 24.3 Å². The summed E-state index contributed by atoms with van der Waals surface area (Å²) in [4.78, 5) is 16.2. The van der Waals surface area contributed by atoms with E-state index in [9.17, 15) is 4.79 Å². The van der Waals surface area contributed by atoms with Crippen molar-refractivity contribution in [1.82, 2.24) is 9.55 Å². The van der Waals surface area contributed by atoms with Crippen LogP contribution >= 0.6 is 0 Å². The van der Waals surface area contributed by atoms with Crippen LogP contribution in [-0.4, -0.2) is 22.6 Å². The average molecular weight is 296 g/mol. The first-order chi connectivity index (χ1) is 10.8. The minimum absolute atomic E-state index is 0.116. The molecule has 5 heteroatoms. The molecule has 3 rings (SSSR count). The van der Waals surface area contributed by atoms with Gasteiger partial charge in [-0.3, -0.25) is 4.79 Å². The number of ether oxygens (including phenoxy) is 2. The van der Waals surface area contributed by atoms with Gasteiger partial charge in [-0.25, -0.2) is 4.98 Å². The molecule has 0 atom stereocenters. The molecule has 5 nitrogen and oxygen atoms in total. The number of carbonyl (C=O) groups excluding carboxylic acids is 1. The number of aromatic nitrogens is 2. The molecule has 0 aliphatic rings. The summed E-state index contributed by atoms with van der Waals surface area (Å²) in [5.74, 6) is 1.14. The van der Waals surface area contributed by atoms with Crippen LogP contribution in [0.15, 0.2) is 54.6 Å². The number of fused-ring (bicyclic) bond motifs is 1. The smallest absolute Gasteiger partial charge is 0.325 e. The molecule has 0 unspecified atom stereocenters. The first kappa shape index (κ1) is 14.1. The van der Waals surface area contributed by atoms with Gasteiger partial charge in [-0.2, -0.15) is 0 Å². The minimum atomic E-state index is -0.316. The molecule has 1 aromatic heterocycles. The molecule has 0 amide bonds. The summed E-state index contributed by atoms with van der Waals surface area (Å²) in [6.45, 7) is 0.403. The average Bonchev–Trinajstić information content (AvgIpc) is 2.91. The van der Waals surface area contributed by atoms with Gasteiger partial charge < -0.3 is 14.0 Å². The van der Waals surface area contributed by atoms with E-state index in [-0.39, 0.29) is 19.1 Å². The number of nitrogens with zero attached hydrogens (tertiary/aromatic N) is 2. The Balaban J connectivity index is 1.90. The third kappa shape index (κ3) is 2.93. The summed E-state index contributed by atoms with van der Waals surface area (Å²) in [7, 11) is 1.38. The van der Waals surface area contributed by atoms with E-state index >= 15 is 0 Å². The van der Waals surface area contributed by atoms with E-state index in [2.05, 4.69) is 4.98 Å². The van der Waals surface area contributed by atoms with E-state index in [1.807, 2.05) is 59.2 Å². The van der Waals surface area contributed by atoms with Crippen molar-refractivity contribution in [3.05, 3.63) is 60.4 Å². The zero-order valence-electron chi connectivity index (χ0n) is 12.2. The van der Waals surface area contributed by atoms with Crippen molar-refractivity contribution >= 4 is 17.0 Å². The highest BCUT2D eigenvalue weighted by Crippen LogP contribution is 2.18. The molecule has 0 aliphatic carbocycles. The second-order valence-corrected chi connectivity index (χ2v) is 4.78. The molecule has 22 heavy (non-hydrogen) atoms. The second-order valence-electron chi connectivity index (χ2n) is 4.78. The number of carbonyl (C=O) groups is 1. The quantitative estimate of drug-likeness (QED) is 0.679. The Hall–Kier alpha value is -2.82. The topological polar surface area (TPSA) is 53.4 Å². The van der Waals surface area contributed by atoms with Crippen LogP contribution in [0.2, 0.25) is 0 Å². The molecule has 0 bridgehead atoms. The van der Waals surface area contributed by atoms with Crippen molar-refractivity contribution in [3.63, 3.8) is 0 Å². The lowest BCUT2D eigenvalue weighted by atomic mass is 10.3. The van der Waals surface area contributed by atoms with Crippen LogP contribution in [0.1, 0.15) is 5.82 Å². The molecule has 0 saturated carbocycles. The molecule has 0 fully saturated rings. The van der Waals surface area contributed by atoms with Gasteiger partial charge in [-0.15, -0.1) is 0 Å². The van der Waals surface area contributed by atoms with Crippen molar-refractivity contribution in [2.75, 3.05) is 7.11 Å². The van der Waals surface area contributed by atoms with Crippen LogP contribution in [0.5, 0.6) is 5.75 Å². The number of hydrogen-bond acceptors (Lipinski definition) is 4. The van der Waals surface area contributed by atoms with E-state index in [1.54, 1.807) is 0 Å². The van der Waals surface area contributed by atoms with Gasteiger partial charge in [0.15, 0.2) is 0 Å². The fourth-order valence-corrected chi connectivity index (χ4v) is 2.27. The zero-order chi connectivity index (χ0) is 15.4. The fraction of sp³-hybridized carbons (Fsp3) is 0.176. The Kier molecular flexibility index (Phi) is 4.05. The lowest BCUT2D eigenvalue weighted by Gasteiger charge is -2.09. The first-order valence-electron chi connectivity index (χ1n) is 6.97. The molecule has 0 saturated heterocycles. The summed E-state index contributed by atoms with van der Waals surface area (Å²) in [5, 5.41) is 0. The SMILES string of the molecule is COC(=O)Cn1c(COc2ccccc2)nc2ccccc21. The van der Waals surface area contributed by atoms with Gasteiger partial charge in [0.05, 0.1) is 18.1 Å². The summed E-state index contributed by atoms with van der Waals surface area (Å²) in [6.07, 6.45) is 0. The number of rotatable bonds is 5. The number of imidazole rings is 1. The number of esters is 1. The molecule has 0 aliphatic heterocycles. The lowest BCUT2D eigenvalue weighted by Crippen LogP contribution is -2.15. The van der Waals surface area contributed by atoms with E-state index in [0.717, 1.165) is 16.8 Å². The molecule has 0 N–H and O–H groups in total. The number of hydrogen-bond donors (Lipinski definition) is 0. The van der Waals surface area contributed by atoms with E-state index in [1.165, 1.54) is 7.11 Å². The summed E-state index contributed by atoms with van der Waals surface area (Å²) >= 11 is 0. The van der Waals surface area contributed by atoms with Gasteiger partial charge in [0, 0.05) is 0 Å². The lowest BCUT2D eigenvalue weighted by molar-refractivity contribution is -0.141. The fourth-order valence-electron chi connectivity index (χ4n) is 2.27. The van der Waals surface area contributed by atoms with Crippen LogP contribution in [0.4, 0.5) is 0 Å². The number of methoxy groups -OCH3 is 1.